The summed E-state index contributed by atoms with van der Waals surface area (Å²) in [7, 11) is 2.03. The first-order valence-corrected chi connectivity index (χ1v) is 12.5. The van der Waals surface area contributed by atoms with Crippen LogP contribution in [0, 0.1) is 5.82 Å². The van der Waals surface area contributed by atoms with Gasteiger partial charge in [-0.3, -0.25) is 4.79 Å². The molecule has 2 aromatic carbocycles. The minimum atomic E-state index is -4.60. The molecule has 0 unspecified atom stereocenters. The summed E-state index contributed by atoms with van der Waals surface area (Å²) in [6, 6.07) is 9.61. The highest BCUT2D eigenvalue weighted by Gasteiger charge is 2.34. The first-order chi connectivity index (χ1) is 18.2. The van der Waals surface area contributed by atoms with E-state index in [2.05, 4.69) is 15.2 Å². The van der Waals surface area contributed by atoms with Gasteiger partial charge in [-0.15, -0.1) is 0 Å². The number of hydrogen-bond donors (Lipinski definition) is 1. The number of aromatic nitrogens is 2. The number of piperazine rings is 1. The van der Waals surface area contributed by atoms with Crippen molar-refractivity contribution < 1.29 is 22.4 Å². The predicted molar refractivity (Wildman–Crippen MR) is 136 cm³/mol. The molecular weight excluding hydrogens is 500 g/mol. The summed E-state index contributed by atoms with van der Waals surface area (Å²) < 4.78 is 54.8. The Balaban J connectivity index is 1.41. The molecule has 5 rings (SSSR count). The van der Waals surface area contributed by atoms with Gasteiger partial charge in [-0.25, -0.2) is 14.4 Å². The van der Waals surface area contributed by atoms with Crippen molar-refractivity contribution in [3.05, 3.63) is 71.2 Å². The van der Waals surface area contributed by atoms with Crippen LogP contribution in [0.2, 0.25) is 0 Å². The highest BCUT2D eigenvalue weighted by molar-refractivity contribution is 5.94. The number of hydrogen-bond acceptors (Lipinski definition) is 6. The van der Waals surface area contributed by atoms with Crippen LogP contribution >= 0.6 is 0 Å². The van der Waals surface area contributed by atoms with Crippen LogP contribution < -0.4 is 10.2 Å². The van der Waals surface area contributed by atoms with Crippen LogP contribution in [0.15, 0.2) is 48.7 Å². The molecule has 1 aromatic heterocycles. The number of carbonyl (C=O) groups excluding carboxylic acids is 1. The number of benzene rings is 2. The molecule has 0 spiro atoms. The summed E-state index contributed by atoms with van der Waals surface area (Å²) in [5.74, 6) is 0.101. The minimum Gasteiger partial charge on any atom is -0.367 e. The summed E-state index contributed by atoms with van der Waals surface area (Å²) >= 11 is 0. The zero-order chi connectivity index (χ0) is 26.9. The molecule has 1 amide bonds. The monoisotopic (exact) mass is 528 g/mol. The second-order valence-corrected chi connectivity index (χ2v) is 9.60. The van der Waals surface area contributed by atoms with Crippen LogP contribution in [-0.2, 0) is 12.7 Å². The number of rotatable bonds is 4. The number of amides is 1. The van der Waals surface area contributed by atoms with E-state index in [4.69, 9.17) is 4.98 Å². The van der Waals surface area contributed by atoms with E-state index >= 15 is 0 Å². The average Bonchev–Trinajstić information content (AvgIpc) is 3.10. The maximum Gasteiger partial charge on any atom is 0.416 e. The van der Waals surface area contributed by atoms with E-state index < -0.39 is 17.6 Å². The number of nitrogens with zero attached hydrogens (tertiary/aromatic N) is 5. The van der Waals surface area contributed by atoms with Crippen molar-refractivity contribution in [2.45, 2.75) is 19.1 Å². The van der Waals surface area contributed by atoms with Crippen LogP contribution in [0.3, 0.4) is 0 Å². The highest BCUT2D eigenvalue weighted by Crippen LogP contribution is 2.35. The number of halogens is 4. The third kappa shape index (κ3) is 5.57. The molecule has 11 heteroatoms. The van der Waals surface area contributed by atoms with Gasteiger partial charge in [-0.2, -0.15) is 13.2 Å². The van der Waals surface area contributed by atoms with Crippen molar-refractivity contribution in [3.63, 3.8) is 0 Å². The van der Waals surface area contributed by atoms with Gasteiger partial charge in [-0.05, 0) is 49.4 Å². The third-order valence-corrected chi connectivity index (χ3v) is 6.90. The van der Waals surface area contributed by atoms with Crippen LogP contribution in [-0.4, -0.2) is 72.0 Å². The molecule has 2 aliphatic rings. The van der Waals surface area contributed by atoms with Crippen molar-refractivity contribution in [1.82, 2.24) is 19.8 Å². The van der Waals surface area contributed by atoms with Crippen molar-refractivity contribution >= 4 is 17.5 Å². The molecule has 2 aliphatic heterocycles. The van der Waals surface area contributed by atoms with Gasteiger partial charge >= 0.3 is 6.18 Å². The average molecular weight is 529 g/mol. The van der Waals surface area contributed by atoms with Gasteiger partial charge in [-0.1, -0.05) is 12.1 Å². The smallest absolute Gasteiger partial charge is 0.367 e. The molecular formula is C27H28F4N6O. The molecule has 0 aliphatic carbocycles. The van der Waals surface area contributed by atoms with Gasteiger partial charge in [0.2, 0.25) is 0 Å². The van der Waals surface area contributed by atoms with Gasteiger partial charge in [0, 0.05) is 56.9 Å². The Kier molecular flexibility index (Phi) is 7.20. The minimum absolute atomic E-state index is 0.0244. The van der Waals surface area contributed by atoms with Crippen molar-refractivity contribution in [2.75, 3.05) is 56.5 Å². The molecule has 1 N–H and O–H groups in total. The Morgan fingerprint density at radius 2 is 1.76 bits per heavy atom. The zero-order valence-electron chi connectivity index (χ0n) is 20.9. The summed E-state index contributed by atoms with van der Waals surface area (Å²) in [6.07, 6.45) is -2.37. The zero-order valence-corrected chi connectivity index (χ0v) is 20.9. The molecule has 1 fully saturated rings. The second-order valence-electron chi connectivity index (χ2n) is 9.60. The van der Waals surface area contributed by atoms with Gasteiger partial charge in [0.05, 0.1) is 17.5 Å². The van der Waals surface area contributed by atoms with E-state index in [1.165, 1.54) is 0 Å². The van der Waals surface area contributed by atoms with E-state index in [-0.39, 0.29) is 18.0 Å². The first-order valence-electron chi connectivity index (χ1n) is 12.5. The summed E-state index contributed by atoms with van der Waals surface area (Å²) in [5.41, 5.74) is 0.786. The molecule has 0 radical (unpaired) electrons. The first kappa shape index (κ1) is 25.9. The van der Waals surface area contributed by atoms with E-state index in [9.17, 15) is 22.4 Å². The number of likely N-dealkylation sites (N-methyl/N-ethyl adjacent to an activating group) is 1. The number of alkyl halides is 3. The van der Waals surface area contributed by atoms with Gasteiger partial charge in [0.25, 0.3) is 5.91 Å². The standard InChI is InChI=1S/C27H28F4N6O/c1-35-11-13-36(14-12-35)26(38)19-5-3-18(4-6-19)23-16-33-24-25(34-23)37(10-2-9-32-24)17-20-15-21(28)7-8-22(20)27(29,30)31/h3-8,15-16H,2,9-14,17H2,1H3,(H,32,33). The Bertz CT molecular complexity index is 1310. The normalized spacial score (nSPS) is 16.6. The fourth-order valence-corrected chi connectivity index (χ4v) is 4.75. The van der Waals surface area contributed by atoms with Gasteiger partial charge in [0.1, 0.15) is 5.82 Å². The number of anilines is 2. The van der Waals surface area contributed by atoms with Crippen LogP contribution in [0.5, 0.6) is 0 Å². The van der Waals surface area contributed by atoms with Crippen LogP contribution in [0.25, 0.3) is 11.3 Å². The lowest BCUT2D eigenvalue weighted by molar-refractivity contribution is -0.138. The Labute approximate surface area is 218 Å². The Morgan fingerprint density at radius 3 is 2.47 bits per heavy atom. The van der Waals surface area contributed by atoms with Gasteiger partial charge in [0.15, 0.2) is 11.6 Å². The molecule has 7 nitrogen and oxygen atoms in total. The second kappa shape index (κ2) is 10.6. The molecule has 3 aromatic rings. The van der Waals surface area contributed by atoms with Crippen LogP contribution in [0.1, 0.15) is 27.9 Å². The topological polar surface area (TPSA) is 64.6 Å². The summed E-state index contributed by atoms with van der Waals surface area (Å²) in [5, 5.41) is 3.17. The number of nitrogens with one attached hydrogen (secondary N) is 1. The van der Waals surface area contributed by atoms with E-state index in [0.29, 0.717) is 55.5 Å². The summed E-state index contributed by atoms with van der Waals surface area (Å²) in [4.78, 5) is 27.8. The Hall–Kier alpha value is -3.73. The quantitative estimate of drug-likeness (QED) is 0.503. The molecule has 1 saturated heterocycles. The number of carbonyl (C=O) groups is 1. The largest absolute Gasteiger partial charge is 0.416 e. The van der Waals surface area contributed by atoms with Crippen molar-refractivity contribution in [2.24, 2.45) is 0 Å². The van der Waals surface area contributed by atoms with Gasteiger partial charge < -0.3 is 20.0 Å². The number of fused-ring (bicyclic) bond motifs is 1. The van der Waals surface area contributed by atoms with E-state index in [1.807, 2.05) is 11.9 Å². The highest BCUT2D eigenvalue weighted by atomic mass is 19.4. The fraction of sp³-hybridized carbons (Fsp3) is 0.370. The predicted octanol–water partition coefficient (Wildman–Crippen LogP) is 4.51. The molecule has 0 atom stereocenters. The van der Waals surface area contributed by atoms with Crippen LogP contribution in [0.4, 0.5) is 29.2 Å². The Morgan fingerprint density at radius 1 is 1.03 bits per heavy atom. The molecule has 0 saturated carbocycles. The molecule has 200 valence electrons. The van der Waals surface area contributed by atoms with Crippen molar-refractivity contribution in [1.29, 1.82) is 0 Å². The lowest BCUT2D eigenvalue weighted by Gasteiger charge is -2.32. The SMILES string of the molecule is CN1CCN(C(=O)c2ccc(-c3cnc4c(n3)N(Cc3cc(F)ccc3C(F)(F)F)CCCN4)cc2)CC1. The maximum atomic E-state index is 13.9. The van der Waals surface area contributed by atoms with Crippen molar-refractivity contribution in [3.8, 4) is 11.3 Å². The lowest BCUT2D eigenvalue weighted by atomic mass is 10.1. The molecule has 0 bridgehead atoms. The van der Waals surface area contributed by atoms with E-state index in [0.717, 1.165) is 36.9 Å². The van der Waals surface area contributed by atoms with E-state index in [1.54, 1.807) is 35.4 Å². The summed E-state index contributed by atoms with van der Waals surface area (Å²) in [6.45, 7) is 3.85. The molecule has 38 heavy (non-hydrogen) atoms. The molecule has 3 heterocycles. The maximum absolute atomic E-state index is 13.9. The lowest BCUT2D eigenvalue weighted by Crippen LogP contribution is -2.47. The fourth-order valence-electron chi connectivity index (χ4n) is 4.75. The third-order valence-electron chi connectivity index (χ3n) is 6.90.